The maximum Gasteiger partial charge on any atom is 0.416 e. The number of ether oxygens (including phenoxy) is 2. The molecule has 0 aromatic heterocycles. The standard InChI is InChI=1S/C25H26F6N2O4/c1-36-22(35)14-21(34)32-33-9-7-23(8-10-33,18-5-3-2-4-6-18)16-37-15-17-11-19(24(26,27)28)13-20(12-17)25(29,30)31/h2-6,11-13H,7-10,14-16H2,1H3,(H,32,34). The molecule has 202 valence electrons. The van der Waals surface area contributed by atoms with Crippen molar-refractivity contribution in [2.45, 2.75) is 43.6 Å². The summed E-state index contributed by atoms with van der Waals surface area (Å²) in [4.78, 5) is 23.3. The lowest BCUT2D eigenvalue weighted by Crippen LogP contribution is -2.52. The Bertz CT molecular complexity index is 1050. The molecule has 1 fully saturated rings. The number of halogens is 6. The Morgan fingerprint density at radius 1 is 0.946 bits per heavy atom. The van der Waals surface area contributed by atoms with Crippen molar-refractivity contribution in [2.75, 3.05) is 26.8 Å². The Hall–Kier alpha value is -3.12. The molecule has 1 amide bonds. The number of carbonyl (C=O) groups is 2. The number of hydrogen-bond donors (Lipinski definition) is 1. The van der Waals surface area contributed by atoms with Gasteiger partial charge in [-0.2, -0.15) is 26.3 Å². The van der Waals surface area contributed by atoms with Crippen molar-refractivity contribution < 1.29 is 45.4 Å². The van der Waals surface area contributed by atoms with E-state index in [-0.39, 0.29) is 18.2 Å². The summed E-state index contributed by atoms with van der Waals surface area (Å²) in [6.45, 7) is 0.361. The Kier molecular flexibility index (Phi) is 8.85. The Morgan fingerprint density at radius 2 is 1.51 bits per heavy atom. The van der Waals surface area contributed by atoms with Crippen molar-refractivity contribution in [3.05, 3.63) is 70.8 Å². The number of hydrazine groups is 1. The number of amides is 1. The number of nitrogens with one attached hydrogen (secondary N) is 1. The van der Waals surface area contributed by atoms with Crippen molar-refractivity contribution in [3.63, 3.8) is 0 Å². The van der Waals surface area contributed by atoms with Crippen LogP contribution in [0.4, 0.5) is 26.3 Å². The summed E-state index contributed by atoms with van der Waals surface area (Å²) >= 11 is 0. The monoisotopic (exact) mass is 532 g/mol. The molecule has 2 aromatic rings. The van der Waals surface area contributed by atoms with Gasteiger partial charge in [0, 0.05) is 18.5 Å². The number of alkyl halides is 6. The molecule has 6 nitrogen and oxygen atoms in total. The minimum atomic E-state index is -4.94. The highest BCUT2D eigenvalue weighted by Gasteiger charge is 2.39. The average Bonchev–Trinajstić information content (AvgIpc) is 2.84. The number of hydrogen-bond acceptors (Lipinski definition) is 5. The molecule has 0 saturated carbocycles. The van der Waals surface area contributed by atoms with Crippen molar-refractivity contribution >= 4 is 11.9 Å². The topological polar surface area (TPSA) is 67.9 Å². The van der Waals surface area contributed by atoms with E-state index in [2.05, 4.69) is 10.2 Å². The molecular formula is C25H26F6N2O4. The fraction of sp³-hybridized carbons (Fsp3) is 0.440. The van der Waals surface area contributed by atoms with Crippen LogP contribution in [0, 0.1) is 0 Å². The predicted octanol–water partition coefficient (Wildman–Crippen LogP) is 4.87. The molecule has 37 heavy (non-hydrogen) atoms. The molecule has 0 atom stereocenters. The van der Waals surface area contributed by atoms with Crippen LogP contribution in [0.25, 0.3) is 0 Å². The maximum absolute atomic E-state index is 13.2. The van der Waals surface area contributed by atoms with E-state index in [4.69, 9.17) is 4.74 Å². The second-order valence-electron chi connectivity index (χ2n) is 8.83. The fourth-order valence-corrected chi connectivity index (χ4v) is 4.24. The van der Waals surface area contributed by atoms with Crippen molar-refractivity contribution in [1.82, 2.24) is 10.4 Å². The van der Waals surface area contributed by atoms with E-state index in [1.807, 2.05) is 30.3 Å². The Labute approximate surface area is 209 Å². The van der Waals surface area contributed by atoms with E-state index in [9.17, 15) is 35.9 Å². The van der Waals surface area contributed by atoms with Crippen LogP contribution in [0.3, 0.4) is 0 Å². The number of esters is 1. The zero-order chi connectivity index (χ0) is 27.3. The maximum atomic E-state index is 13.2. The van der Waals surface area contributed by atoms with Gasteiger partial charge in [-0.15, -0.1) is 0 Å². The van der Waals surface area contributed by atoms with Gasteiger partial charge in [0.15, 0.2) is 0 Å². The minimum absolute atomic E-state index is 0.0402. The average molecular weight is 532 g/mol. The molecule has 2 aromatic carbocycles. The molecular weight excluding hydrogens is 506 g/mol. The Morgan fingerprint density at radius 3 is 2.03 bits per heavy atom. The highest BCUT2D eigenvalue weighted by atomic mass is 19.4. The van der Waals surface area contributed by atoms with Gasteiger partial charge in [0.2, 0.25) is 5.91 Å². The first-order chi connectivity index (χ1) is 17.3. The van der Waals surface area contributed by atoms with Gasteiger partial charge >= 0.3 is 18.3 Å². The molecule has 0 unspecified atom stereocenters. The SMILES string of the molecule is COC(=O)CC(=O)NN1CCC(COCc2cc(C(F)(F)F)cc(C(F)(F)F)c2)(c2ccccc2)CC1. The second kappa shape index (κ2) is 11.5. The summed E-state index contributed by atoms with van der Waals surface area (Å²) in [5, 5.41) is 1.65. The first kappa shape index (κ1) is 28.5. The van der Waals surface area contributed by atoms with Crippen molar-refractivity contribution in [3.8, 4) is 0 Å². The number of benzene rings is 2. The third kappa shape index (κ3) is 7.68. The van der Waals surface area contributed by atoms with Crippen LogP contribution in [0.1, 0.15) is 41.5 Å². The van der Waals surface area contributed by atoms with E-state index in [0.717, 1.165) is 5.56 Å². The molecule has 1 N–H and O–H groups in total. The van der Waals surface area contributed by atoms with Gasteiger partial charge < -0.3 is 9.47 Å². The third-order valence-corrected chi connectivity index (χ3v) is 6.22. The lowest BCUT2D eigenvalue weighted by Gasteiger charge is -2.42. The van der Waals surface area contributed by atoms with E-state index in [1.54, 1.807) is 5.01 Å². The summed E-state index contributed by atoms with van der Waals surface area (Å²) in [5.41, 5.74) is -0.0754. The van der Waals surface area contributed by atoms with Crippen LogP contribution < -0.4 is 5.43 Å². The zero-order valence-electron chi connectivity index (χ0n) is 19.9. The summed E-state index contributed by atoms with van der Waals surface area (Å²) < 4.78 is 89.3. The van der Waals surface area contributed by atoms with Gasteiger partial charge in [-0.1, -0.05) is 30.3 Å². The number of rotatable bonds is 8. The molecule has 1 aliphatic heterocycles. The van der Waals surface area contributed by atoms with Gasteiger partial charge in [-0.25, -0.2) is 5.01 Å². The van der Waals surface area contributed by atoms with Gasteiger partial charge in [-0.3, -0.25) is 15.0 Å². The molecule has 1 heterocycles. The highest BCUT2D eigenvalue weighted by molar-refractivity contribution is 5.93. The van der Waals surface area contributed by atoms with Crippen molar-refractivity contribution in [1.29, 1.82) is 0 Å². The first-order valence-electron chi connectivity index (χ1n) is 11.4. The van der Waals surface area contributed by atoms with E-state index in [1.165, 1.54) is 7.11 Å². The van der Waals surface area contributed by atoms with Gasteiger partial charge in [0.05, 0.1) is 31.5 Å². The van der Waals surface area contributed by atoms with Crippen LogP contribution in [0.5, 0.6) is 0 Å². The molecule has 1 saturated heterocycles. The molecule has 3 rings (SSSR count). The molecule has 1 aliphatic rings. The lowest BCUT2D eigenvalue weighted by atomic mass is 9.73. The molecule has 0 aliphatic carbocycles. The summed E-state index contributed by atoms with van der Waals surface area (Å²) in [6.07, 6.45) is -9.35. The summed E-state index contributed by atoms with van der Waals surface area (Å²) in [7, 11) is 1.17. The molecule has 0 bridgehead atoms. The number of nitrogens with zero attached hydrogens (tertiary/aromatic N) is 1. The van der Waals surface area contributed by atoms with Crippen LogP contribution in [0.2, 0.25) is 0 Å². The van der Waals surface area contributed by atoms with Gasteiger partial charge in [0.1, 0.15) is 6.42 Å². The van der Waals surface area contributed by atoms with Crippen LogP contribution in [-0.4, -0.2) is 43.7 Å². The molecule has 0 radical (unpaired) electrons. The normalized spacial score (nSPS) is 16.3. The van der Waals surface area contributed by atoms with Gasteiger partial charge in [0.25, 0.3) is 0 Å². The van der Waals surface area contributed by atoms with Crippen LogP contribution >= 0.6 is 0 Å². The molecule has 12 heteroatoms. The minimum Gasteiger partial charge on any atom is -0.469 e. The number of carbonyl (C=O) groups excluding carboxylic acids is 2. The quantitative estimate of drug-likeness (QED) is 0.299. The van der Waals surface area contributed by atoms with Crippen molar-refractivity contribution in [2.24, 2.45) is 0 Å². The summed E-state index contributed by atoms with van der Waals surface area (Å²) in [5.74, 6) is -1.20. The summed E-state index contributed by atoms with van der Waals surface area (Å²) in [6, 6.07) is 10.6. The van der Waals surface area contributed by atoms with Gasteiger partial charge in [-0.05, 0) is 42.2 Å². The lowest BCUT2D eigenvalue weighted by molar-refractivity contribution is -0.146. The molecule has 0 spiro atoms. The fourth-order valence-electron chi connectivity index (χ4n) is 4.24. The first-order valence-corrected chi connectivity index (χ1v) is 11.4. The Balaban J connectivity index is 1.72. The highest BCUT2D eigenvalue weighted by Crippen LogP contribution is 2.38. The largest absolute Gasteiger partial charge is 0.469 e. The van der Waals surface area contributed by atoms with E-state index < -0.39 is 53.8 Å². The number of methoxy groups -OCH3 is 1. The smallest absolute Gasteiger partial charge is 0.416 e. The zero-order valence-corrected chi connectivity index (χ0v) is 19.9. The van der Waals surface area contributed by atoms with Crippen LogP contribution in [0.15, 0.2) is 48.5 Å². The van der Waals surface area contributed by atoms with E-state index >= 15 is 0 Å². The van der Waals surface area contributed by atoms with Crippen LogP contribution in [-0.2, 0) is 43.4 Å². The third-order valence-electron chi connectivity index (χ3n) is 6.22. The number of piperidine rings is 1. The van der Waals surface area contributed by atoms with E-state index in [0.29, 0.717) is 38.1 Å². The second-order valence-corrected chi connectivity index (χ2v) is 8.83. The predicted molar refractivity (Wildman–Crippen MR) is 120 cm³/mol.